The minimum absolute atomic E-state index is 0.286. The summed E-state index contributed by atoms with van der Waals surface area (Å²) in [6, 6.07) is 0.676. The van der Waals surface area contributed by atoms with Crippen LogP contribution < -0.4 is 10.6 Å². The largest absolute Gasteiger partial charge is 0.373 e. The van der Waals surface area contributed by atoms with Crippen LogP contribution in [0, 0.1) is 5.92 Å². The van der Waals surface area contributed by atoms with E-state index in [9.17, 15) is 0 Å². The van der Waals surface area contributed by atoms with Crippen molar-refractivity contribution in [2.75, 3.05) is 39.8 Å². The molecule has 2 saturated heterocycles. The van der Waals surface area contributed by atoms with Gasteiger partial charge in [-0.05, 0) is 38.1 Å². The highest BCUT2D eigenvalue weighted by molar-refractivity contribution is 5.79. The zero-order valence-corrected chi connectivity index (χ0v) is 13.9. The van der Waals surface area contributed by atoms with Crippen molar-refractivity contribution in [1.29, 1.82) is 0 Å². The van der Waals surface area contributed by atoms with Crippen LogP contribution in [0.2, 0.25) is 0 Å². The highest BCUT2D eigenvalue weighted by atomic mass is 16.5. The van der Waals surface area contributed by atoms with Crippen molar-refractivity contribution < 1.29 is 4.74 Å². The number of ether oxygens (including phenoxy) is 1. The maximum Gasteiger partial charge on any atom is 0.191 e. The van der Waals surface area contributed by atoms with Crippen LogP contribution in [0.5, 0.6) is 0 Å². The Morgan fingerprint density at radius 1 is 1.38 bits per heavy atom. The fourth-order valence-corrected chi connectivity index (χ4v) is 3.16. The molecule has 0 amide bonds. The molecule has 2 N–H and O–H groups in total. The van der Waals surface area contributed by atoms with Gasteiger partial charge in [0.1, 0.15) is 0 Å². The highest BCUT2D eigenvalue weighted by Crippen LogP contribution is 2.22. The molecule has 2 rings (SSSR count). The lowest BCUT2D eigenvalue weighted by molar-refractivity contribution is -0.0453. The molecular formula is C16H32N4O. The summed E-state index contributed by atoms with van der Waals surface area (Å²) >= 11 is 0. The second kappa shape index (κ2) is 8.59. The molecule has 2 atom stereocenters. The number of nitrogens with one attached hydrogen (secondary N) is 2. The Kier molecular flexibility index (Phi) is 6.77. The van der Waals surface area contributed by atoms with Crippen LogP contribution in [0.3, 0.4) is 0 Å². The average molecular weight is 296 g/mol. The van der Waals surface area contributed by atoms with Gasteiger partial charge < -0.3 is 15.4 Å². The number of morpholine rings is 1. The Bertz CT molecular complexity index is 332. The van der Waals surface area contributed by atoms with Crippen molar-refractivity contribution >= 4 is 5.96 Å². The quantitative estimate of drug-likeness (QED) is 0.442. The third kappa shape index (κ3) is 5.47. The Morgan fingerprint density at radius 3 is 3.00 bits per heavy atom. The summed E-state index contributed by atoms with van der Waals surface area (Å²) in [6.07, 6.45) is 5.36. The first-order valence-electron chi connectivity index (χ1n) is 8.49. The molecule has 2 unspecified atom stereocenters. The summed E-state index contributed by atoms with van der Waals surface area (Å²) < 4.78 is 5.96. The lowest BCUT2D eigenvalue weighted by Crippen LogP contribution is -2.51. The topological polar surface area (TPSA) is 48.9 Å². The van der Waals surface area contributed by atoms with Crippen molar-refractivity contribution in [3.63, 3.8) is 0 Å². The van der Waals surface area contributed by atoms with Crippen molar-refractivity contribution in [3.05, 3.63) is 0 Å². The number of aliphatic imine (C=N–C) groups is 1. The number of fused-ring (bicyclic) bond motifs is 1. The summed E-state index contributed by atoms with van der Waals surface area (Å²) in [5.74, 6) is 1.66. The Hall–Kier alpha value is -0.810. The van der Waals surface area contributed by atoms with Crippen LogP contribution in [0.1, 0.15) is 39.5 Å². The molecule has 2 fully saturated rings. The van der Waals surface area contributed by atoms with E-state index in [1.807, 2.05) is 7.05 Å². The minimum atomic E-state index is 0.286. The molecule has 0 saturated carbocycles. The molecule has 5 heteroatoms. The van der Waals surface area contributed by atoms with E-state index in [4.69, 9.17) is 4.74 Å². The first-order valence-corrected chi connectivity index (χ1v) is 8.49. The van der Waals surface area contributed by atoms with Gasteiger partial charge in [0.15, 0.2) is 5.96 Å². The van der Waals surface area contributed by atoms with Crippen LogP contribution >= 0.6 is 0 Å². The van der Waals surface area contributed by atoms with E-state index in [0.717, 1.165) is 38.1 Å². The van der Waals surface area contributed by atoms with Gasteiger partial charge in [-0.1, -0.05) is 13.8 Å². The van der Waals surface area contributed by atoms with Gasteiger partial charge in [-0.2, -0.15) is 0 Å². The maximum atomic E-state index is 5.96. The molecule has 0 aromatic carbocycles. The molecule has 0 aromatic heterocycles. The van der Waals surface area contributed by atoms with E-state index in [1.54, 1.807) is 0 Å². The van der Waals surface area contributed by atoms with Gasteiger partial charge in [0, 0.05) is 32.7 Å². The number of hydrogen-bond acceptors (Lipinski definition) is 3. The second-order valence-corrected chi connectivity index (χ2v) is 6.66. The predicted octanol–water partition coefficient (Wildman–Crippen LogP) is 1.45. The first kappa shape index (κ1) is 16.6. The normalized spacial score (nSPS) is 27.0. The van der Waals surface area contributed by atoms with E-state index in [2.05, 4.69) is 34.4 Å². The third-order valence-corrected chi connectivity index (χ3v) is 4.43. The number of nitrogens with zero attached hydrogens (tertiary/aromatic N) is 2. The molecule has 0 aliphatic carbocycles. The predicted molar refractivity (Wildman–Crippen MR) is 87.8 cm³/mol. The van der Waals surface area contributed by atoms with Crippen LogP contribution in [-0.2, 0) is 4.74 Å². The van der Waals surface area contributed by atoms with Gasteiger partial charge in [-0.15, -0.1) is 0 Å². The van der Waals surface area contributed by atoms with E-state index in [-0.39, 0.29) is 6.10 Å². The number of guanidine groups is 1. The molecule has 21 heavy (non-hydrogen) atoms. The number of hydrogen-bond donors (Lipinski definition) is 2. The standard InChI is InChI=1S/C16H32N4O/c1-13(2)6-4-8-18-16(17-3)19-10-15-11-20-9-5-7-14(20)12-21-15/h13-15H,4-12H2,1-3H3,(H2,17,18,19). The average Bonchev–Trinajstić information content (AvgIpc) is 2.93. The molecule has 0 bridgehead atoms. The molecule has 5 nitrogen and oxygen atoms in total. The SMILES string of the molecule is CN=C(NCCCC(C)C)NCC1CN2CCCC2CO1. The molecule has 122 valence electrons. The van der Waals surface area contributed by atoms with E-state index >= 15 is 0 Å². The fraction of sp³-hybridized carbons (Fsp3) is 0.938. The smallest absolute Gasteiger partial charge is 0.191 e. The van der Waals surface area contributed by atoms with Crippen molar-refractivity contribution in [2.45, 2.75) is 51.7 Å². The van der Waals surface area contributed by atoms with Gasteiger partial charge >= 0.3 is 0 Å². The van der Waals surface area contributed by atoms with Gasteiger partial charge in [0.2, 0.25) is 0 Å². The minimum Gasteiger partial charge on any atom is -0.373 e. The lowest BCUT2D eigenvalue weighted by atomic mass is 10.1. The van der Waals surface area contributed by atoms with Gasteiger partial charge in [0.05, 0.1) is 12.7 Å². The summed E-state index contributed by atoms with van der Waals surface area (Å²) in [5.41, 5.74) is 0. The Labute approximate surface area is 129 Å². The van der Waals surface area contributed by atoms with Crippen LogP contribution in [0.4, 0.5) is 0 Å². The molecule has 2 aliphatic heterocycles. The molecule has 2 heterocycles. The van der Waals surface area contributed by atoms with Gasteiger partial charge in [-0.25, -0.2) is 0 Å². The lowest BCUT2D eigenvalue weighted by Gasteiger charge is -2.35. The molecule has 0 radical (unpaired) electrons. The van der Waals surface area contributed by atoms with E-state index in [1.165, 1.54) is 32.2 Å². The summed E-state index contributed by atoms with van der Waals surface area (Å²) in [7, 11) is 1.83. The summed E-state index contributed by atoms with van der Waals surface area (Å²) in [4.78, 5) is 6.86. The molecule has 2 aliphatic rings. The van der Waals surface area contributed by atoms with Crippen molar-refractivity contribution in [1.82, 2.24) is 15.5 Å². The van der Waals surface area contributed by atoms with Crippen LogP contribution in [0.25, 0.3) is 0 Å². The van der Waals surface area contributed by atoms with Crippen molar-refractivity contribution in [2.24, 2.45) is 10.9 Å². The zero-order valence-electron chi connectivity index (χ0n) is 13.9. The first-order chi connectivity index (χ1) is 10.2. The van der Waals surface area contributed by atoms with Gasteiger partial charge in [-0.3, -0.25) is 9.89 Å². The van der Waals surface area contributed by atoms with E-state index < -0.39 is 0 Å². The summed E-state index contributed by atoms with van der Waals surface area (Å²) in [6.45, 7) is 9.55. The second-order valence-electron chi connectivity index (χ2n) is 6.66. The molecular weight excluding hydrogens is 264 g/mol. The van der Waals surface area contributed by atoms with Gasteiger partial charge in [0.25, 0.3) is 0 Å². The Morgan fingerprint density at radius 2 is 2.24 bits per heavy atom. The zero-order chi connectivity index (χ0) is 15.1. The summed E-state index contributed by atoms with van der Waals surface area (Å²) in [5, 5.41) is 6.77. The monoisotopic (exact) mass is 296 g/mol. The number of rotatable bonds is 6. The van der Waals surface area contributed by atoms with E-state index in [0.29, 0.717) is 6.04 Å². The third-order valence-electron chi connectivity index (χ3n) is 4.43. The Balaban J connectivity index is 1.61. The van der Waals surface area contributed by atoms with Crippen LogP contribution in [0.15, 0.2) is 4.99 Å². The van der Waals surface area contributed by atoms with Crippen LogP contribution in [-0.4, -0.2) is 62.8 Å². The van der Waals surface area contributed by atoms with Crippen molar-refractivity contribution in [3.8, 4) is 0 Å². The molecule has 0 aromatic rings. The molecule has 0 spiro atoms. The fourth-order valence-electron chi connectivity index (χ4n) is 3.16. The highest BCUT2D eigenvalue weighted by Gasteiger charge is 2.31. The maximum absolute atomic E-state index is 5.96.